The highest BCUT2D eigenvalue weighted by Crippen LogP contribution is 2.31. The summed E-state index contributed by atoms with van der Waals surface area (Å²) in [6, 6.07) is 4.91. The van der Waals surface area contributed by atoms with Crippen LogP contribution in [0, 0.1) is 0 Å². The largest absolute Gasteiger partial charge is 0.497 e. The van der Waals surface area contributed by atoms with Gasteiger partial charge < -0.3 is 9.84 Å². The Hall–Kier alpha value is -1.33. The van der Waals surface area contributed by atoms with Crippen molar-refractivity contribution in [1.82, 2.24) is 4.98 Å². The minimum absolute atomic E-state index is 0.0231. The van der Waals surface area contributed by atoms with Crippen LogP contribution < -0.4 is 4.74 Å². The number of aromatic nitrogens is 1. The van der Waals surface area contributed by atoms with Crippen LogP contribution in [-0.4, -0.2) is 23.2 Å². The first-order chi connectivity index (χ1) is 8.02. The number of aromatic carboxylic acids is 1. The monoisotopic (exact) mass is 315 g/mol. The SMILES string of the molecule is COc1cc(Br)c2cc(C(=O)O)c(Cl)nc2c1. The summed E-state index contributed by atoms with van der Waals surface area (Å²) >= 11 is 9.14. The van der Waals surface area contributed by atoms with Crippen LogP contribution in [0.25, 0.3) is 10.9 Å². The quantitative estimate of drug-likeness (QED) is 0.863. The zero-order valence-electron chi connectivity index (χ0n) is 8.70. The lowest BCUT2D eigenvalue weighted by molar-refractivity contribution is 0.0697. The van der Waals surface area contributed by atoms with E-state index in [9.17, 15) is 4.79 Å². The van der Waals surface area contributed by atoms with Crippen LogP contribution in [0.15, 0.2) is 22.7 Å². The minimum atomic E-state index is -1.10. The van der Waals surface area contributed by atoms with Crippen molar-refractivity contribution in [3.05, 3.63) is 33.4 Å². The topological polar surface area (TPSA) is 59.4 Å². The lowest BCUT2D eigenvalue weighted by Gasteiger charge is -2.06. The second kappa shape index (κ2) is 4.50. The first-order valence-corrected chi connectivity index (χ1v) is 5.77. The number of hydrogen-bond acceptors (Lipinski definition) is 3. The van der Waals surface area contributed by atoms with Crippen LogP contribution >= 0.6 is 27.5 Å². The molecule has 0 unspecified atom stereocenters. The summed E-state index contributed by atoms with van der Waals surface area (Å²) in [4.78, 5) is 15.0. The number of ether oxygens (including phenoxy) is 1. The summed E-state index contributed by atoms with van der Waals surface area (Å²) in [5, 5.41) is 9.59. The van der Waals surface area contributed by atoms with E-state index < -0.39 is 5.97 Å². The molecular formula is C11H7BrClNO3. The molecule has 0 saturated heterocycles. The van der Waals surface area contributed by atoms with Crippen molar-refractivity contribution in [2.24, 2.45) is 0 Å². The van der Waals surface area contributed by atoms with E-state index in [-0.39, 0.29) is 10.7 Å². The highest BCUT2D eigenvalue weighted by atomic mass is 79.9. The fourth-order valence-electron chi connectivity index (χ4n) is 1.45. The van der Waals surface area contributed by atoms with Gasteiger partial charge in [0.05, 0.1) is 18.2 Å². The molecule has 17 heavy (non-hydrogen) atoms. The van der Waals surface area contributed by atoms with E-state index in [0.29, 0.717) is 21.1 Å². The molecule has 1 aromatic carbocycles. The summed E-state index contributed by atoms with van der Waals surface area (Å²) in [5.41, 5.74) is 0.552. The van der Waals surface area contributed by atoms with Crippen LogP contribution in [0.2, 0.25) is 5.15 Å². The maximum atomic E-state index is 10.9. The second-order valence-corrected chi connectivity index (χ2v) is 4.52. The maximum absolute atomic E-state index is 10.9. The van der Waals surface area contributed by atoms with Crippen molar-refractivity contribution in [2.45, 2.75) is 0 Å². The van der Waals surface area contributed by atoms with Crippen molar-refractivity contribution in [3.63, 3.8) is 0 Å². The number of carboxylic acid groups (broad SMARTS) is 1. The molecule has 0 aliphatic rings. The number of carbonyl (C=O) groups is 1. The van der Waals surface area contributed by atoms with Crippen molar-refractivity contribution >= 4 is 44.4 Å². The van der Waals surface area contributed by atoms with Crippen molar-refractivity contribution in [1.29, 1.82) is 0 Å². The zero-order valence-corrected chi connectivity index (χ0v) is 11.0. The number of pyridine rings is 1. The van der Waals surface area contributed by atoms with Gasteiger partial charge in [-0.1, -0.05) is 11.6 Å². The van der Waals surface area contributed by atoms with E-state index in [1.165, 1.54) is 6.07 Å². The predicted octanol–water partition coefficient (Wildman–Crippen LogP) is 3.36. The molecule has 0 spiro atoms. The lowest BCUT2D eigenvalue weighted by atomic mass is 10.1. The maximum Gasteiger partial charge on any atom is 0.338 e. The van der Waals surface area contributed by atoms with Gasteiger partial charge in [0.2, 0.25) is 0 Å². The molecule has 0 bridgehead atoms. The minimum Gasteiger partial charge on any atom is -0.497 e. The number of hydrogen-bond donors (Lipinski definition) is 1. The summed E-state index contributed by atoms with van der Waals surface area (Å²) < 4.78 is 5.80. The van der Waals surface area contributed by atoms with Crippen molar-refractivity contribution in [2.75, 3.05) is 7.11 Å². The fourth-order valence-corrected chi connectivity index (χ4v) is 2.22. The third-order valence-corrected chi connectivity index (χ3v) is 3.22. The average molecular weight is 317 g/mol. The number of fused-ring (bicyclic) bond motifs is 1. The Morgan fingerprint density at radius 1 is 1.47 bits per heavy atom. The molecule has 1 N–H and O–H groups in total. The third-order valence-electron chi connectivity index (χ3n) is 2.28. The molecule has 88 valence electrons. The van der Waals surface area contributed by atoms with E-state index >= 15 is 0 Å². The summed E-state index contributed by atoms with van der Waals surface area (Å²) in [6.45, 7) is 0. The number of halogens is 2. The Kier molecular flexibility index (Phi) is 3.22. The van der Waals surface area contributed by atoms with Gasteiger partial charge in [0, 0.05) is 15.9 Å². The lowest BCUT2D eigenvalue weighted by Crippen LogP contribution is -1.99. The number of nitrogens with zero attached hydrogens (tertiary/aromatic N) is 1. The molecule has 2 aromatic rings. The number of rotatable bonds is 2. The van der Waals surface area contributed by atoms with Crippen molar-refractivity contribution < 1.29 is 14.6 Å². The second-order valence-electron chi connectivity index (χ2n) is 3.31. The molecule has 0 aliphatic carbocycles. The molecule has 0 atom stereocenters. The van der Waals surface area contributed by atoms with Crippen LogP contribution in [0.3, 0.4) is 0 Å². The molecular weight excluding hydrogens is 309 g/mol. The van der Waals surface area contributed by atoms with Gasteiger partial charge >= 0.3 is 5.97 Å². The van der Waals surface area contributed by atoms with E-state index in [4.69, 9.17) is 21.4 Å². The van der Waals surface area contributed by atoms with Gasteiger partial charge in [-0.3, -0.25) is 0 Å². The molecule has 0 saturated carbocycles. The Morgan fingerprint density at radius 3 is 2.76 bits per heavy atom. The smallest absolute Gasteiger partial charge is 0.338 e. The van der Waals surface area contributed by atoms with Gasteiger partial charge in [-0.15, -0.1) is 0 Å². The molecule has 2 rings (SSSR count). The molecule has 0 fully saturated rings. The Balaban J connectivity index is 2.78. The number of carboxylic acids is 1. The molecule has 0 radical (unpaired) electrons. The molecule has 0 aliphatic heterocycles. The molecule has 6 heteroatoms. The van der Waals surface area contributed by atoms with Gasteiger partial charge in [0.15, 0.2) is 0 Å². The average Bonchev–Trinajstić information content (AvgIpc) is 2.27. The first-order valence-electron chi connectivity index (χ1n) is 4.60. The van der Waals surface area contributed by atoms with Gasteiger partial charge in [-0.25, -0.2) is 9.78 Å². The zero-order chi connectivity index (χ0) is 12.6. The fraction of sp³-hybridized carbons (Fsp3) is 0.0909. The Morgan fingerprint density at radius 2 is 2.18 bits per heavy atom. The van der Waals surface area contributed by atoms with Crippen LogP contribution in [-0.2, 0) is 0 Å². The predicted molar refractivity (Wildman–Crippen MR) is 68.0 cm³/mol. The Labute approximate surface area is 110 Å². The van der Waals surface area contributed by atoms with Crippen molar-refractivity contribution in [3.8, 4) is 5.75 Å². The van der Waals surface area contributed by atoms with E-state index in [0.717, 1.165) is 0 Å². The first kappa shape index (κ1) is 12.1. The normalized spacial score (nSPS) is 10.5. The van der Waals surface area contributed by atoms with Gasteiger partial charge in [0.25, 0.3) is 0 Å². The third kappa shape index (κ3) is 2.21. The number of methoxy groups -OCH3 is 1. The summed E-state index contributed by atoms with van der Waals surface area (Å²) in [5.74, 6) is -0.483. The van der Waals surface area contributed by atoms with Crippen LogP contribution in [0.1, 0.15) is 10.4 Å². The highest BCUT2D eigenvalue weighted by molar-refractivity contribution is 9.10. The molecule has 0 amide bonds. The molecule has 4 nitrogen and oxygen atoms in total. The number of benzene rings is 1. The van der Waals surface area contributed by atoms with Gasteiger partial charge in [0.1, 0.15) is 10.9 Å². The highest BCUT2D eigenvalue weighted by Gasteiger charge is 2.13. The van der Waals surface area contributed by atoms with Crippen LogP contribution in [0.5, 0.6) is 5.75 Å². The van der Waals surface area contributed by atoms with E-state index in [1.54, 1.807) is 19.2 Å². The standard InChI is InChI=1S/C11H7BrClNO3/c1-17-5-2-8(12)6-4-7(11(15)16)10(13)14-9(6)3-5/h2-4H,1H3,(H,15,16). The molecule has 1 aromatic heterocycles. The van der Waals surface area contributed by atoms with Gasteiger partial charge in [-0.2, -0.15) is 0 Å². The Bertz CT molecular complexity index is 615. The van der Waals surface area contributed by atoms with E-state index in [1.807, 2.05) is 0 Å². The van der Waals surface area contributed by atoms with E-state index in [2.05, 4.69) is 20.9 Å². The summed E-state index contributed by atoms with van der Waals surface area (Å²) in [7, 11) is 1.54. The summed E-state index contributed by atoms with van der Waals surface area (Å²) in [6.07, 6.45) is 0. The van der Waals surface area contributed by atoms with Crippen LogP contribution in [0.4, 0.5) is 0 Å². The van der Waals surface area contributed by atoms with Gasteiger partial charge in [-0.05, 0) is 28.1 Å². The molecule has 1 heterocycles.